The largest absolute Gasteiger partial charge is 0.309 e. The molecule has 2 aromatic rings. The summed E-state index contributed by atoms with van der Waals surface area (Å²) >= 11 is 9.49. The van der Waals surface area contributed by atoms with Gasteiger partial charge in [-0.3, -0.25) is 0 Å². The Morgan fingerprint density at radius 3 is 2.67 bits per heavy atom. The Balaban J connectivity index is 1.95. The maximum Gasteiger partial charge on any atom is 0.0423 e. The lowest BCUT2D eigenvalue weighted by molar-refractivity contribution is 0.608. The van der Waals surface area contributed by atoms with Gasteiger partial charge in [-0.05, 0) is 53.2 Å². The van der Waals surface area contributed by atoms with Gasteiger partial charge in [0.05, 0.1) is 0 Å². The molecule has 1 heterocycles. The van der Waals surface area contributed by atoms with E-state index in [0.717, 1.165) is 17.3 Å². The maximum absolute atomic E-state index is 5.89. The molecule has 0 fully saturated rings. The molecule has 2 rings (SSSR count). The minimum absolute atomic E-state index is 0.418. The Morgan fingerprint density at radius 1 is 1.28 bits per heavy atom. The summed E-state index contributed by atoms with van der Waals surface area (Å²) < 4.78 is 0. The number of thiophene rings is 1. The number of nitrogens with one attached hydrogen (secondary N) is 1. The summed E-state index contributed by atoms with van der Waals surface area (Å²) in [5, 5.41) is 8.67. The molecule has 96 valence electrons. The average molecular weight is 298 g/mol. The lowest BCUT2D eigenvalue weighted by atomic mass is 10.2. The van der Waals surface area contributed by atoms with E-state index >= 15 is 0 Å². The first-order valence-corrected chi connectivity index (χ1v) is 8.24. The summed E-state index contributed by atoms with van der Waals surface area (Å²) in [7, 11) is 0. The van der Waals surface area contributed by atoms with Gasteiger partial charge in [0.1, 0.15) is 0 Å². The van der Waals surface area contributed by atoms with Crippen molar-refractivity contribution in [2.45, 2.75) is 17.9 Å². The Kier molecular flexibility index (Phi) is 5.57. The Labute approximate surface area is 122 Å². The summed E-state index contributed by atoms with van der Waals surface area (Å²) in [6, 6.07) is 10.6. The Morgan fingerprint density at radius 2 is 2.06 bits per heavy atom. The number of hydrogen-bond acceptors (Lipinski definition) is 3. The molecule has 0 amide bonds. The first-order chi connectivity index (χ1) is 8.79. The molecule has 0 aliphatic carbocycles. The number of benzene rings is 1. The van der Waals surface area contributed by atoms with Gasteiger partial charge in [-0.25, -0.2) is 0 Å². The van der Waals surface area contributed by atoms with Crippen LogP contribution in [0.25, 0.3) is 0 Å². The first kappa shape index (κ1) is 13.9. The van der Waals surface area contributed by atoms with Gasteiger partial charge >= 0.3 is 0 Å². The van der Waals surface area contributed by atoms with Crippen LogP contribution in [0.15, 0.2) is 46.0 Å². The molecule has 1 aromatic heterocycles. The van der Waals surface area contributed by atoms with Gasteiger partial charge in [0, 0.05) is 21.7 Å². The van der Waals surface area contributed by atoms with E-state index in [1.165, 1.54) is 10.5 Å². The van der Waals surface area contributed by atoms with Crippen molar-refractivity contribution in [1.29, 1.82) is 0 Å². The molecule has 0 saturated carbocycles. The fourth-order valence-electron chi connectivity index (χ4n) is 1.70. The highest BCUT2D eigenvalue weighted by molar-refractivity contribution is 7.99. The first-order valence-electron chi connectivity index (χ1n) is 5.93. The zero-order valence-electron chi connectivity index (χ0n) is 10.2. The third kappa shape index (κ3) is 4.02. The quantitative estimate of drug-likeness (QED) is 0.765. The van der Waals surface area contributed by atoms with Crippen LogP contribution in [0.1, 0.15) is 18.5 Å². The third-order valence-electron chi connectivity index (χ3n) is 2.63. The fourth-order valence-corrected chi connectivity index (χ4v) is 3.54. The van der Waals surface area contributed by atoms with Gasteiger partial charge in [0.2, 0.25) is 0 Å². The molecule has 0 spiro atoms. The topological polar surface area (TPSA) is 12.0 Å². The van der Waals surface area contributed by atoms with Crippen LogP contribution in [-0.2, 0) is 0 Å². The maximum atomic E-state index is 5.89. The molecule has 0 saturated heterocycles. The molecule has 0 aliphatic rings. The third-order valence-corrected chi connectivity index (χ3v) is 4.69. The van der Waals surface area contributed by atoms with Gasteiger partial charge in [-0.15, -0.1) is 11.8 Å². The van der Waals surface area contributed by atoms with E-state index in [9.17, 15) is 0 Å². The van der Waals surface area contributed by atoms with Crippen molar-refractivity contribution in [2.75, 3.05) is 12.3 Å². The standard InChI is InChI=1S/C14H16ClNS2/c1-2-16-14(11-7-8-17-9-11)10-18-13-5-3-12(15)4-6-13/h3-9,14,16H,2,10H2,1H3. The van der Waals surface area contributed by atoms with Crippen LogP contribution >= 0.6 is 34.7 Å². The number of rotatable bonds is 6. The Hall–Kier alpha value is -0.480. The molecular weight excluding hydrogens is 282 g/mol. The highest BCUT2D eigenvalue weighted by Gasteiger charge is 2.10. The van der Waals surface area contributed by atoms with Crippen molar-refractivity contribution in [1.82, 2.24) is 5.32 Å². The highest BCUT2D eigenvalue weighted by Crippen LogP contribution is 2.26. The average Bonchev–Trinajstić information content (AvgIpc) is 2.90. The zero-order valence-corrected chi connectivity index (χ0v) is 12.6. The lowest BCUT2D eigenvalue weighted by Gasteiger charge is -2.16. The van der Waals surface area contributed by atoms with Crippen LogP contribution in [0.2, 0.25) is 5.02 Å². The van der Waals surface area contributed by atoms with E-state index in [4.69, 9.17) is 11.6 Å². The van der Waals surface area contributed by atoms with Crippen molar-refractivity contribution in [2.24, 2.45) is 0 Å². The number of hydrogen-bond donors (Lipinski definition) is 1. The second-order valence-corrected chi connectivity index (χ2v) is 6.24. The van der Waals surface area contributed by atoms with Crippen LogP contribution < -0.4 is 5.32 Å². The summed E-state index contributed by atoms with van der Waals surface area (Å²) in [6.45, 7) is 3.13. The highest BCUT2D eigenvalue weighted by atomic mass is 35.5. The van der Waals surface area contributed by atoms with Gasteiger partial charge < -0.3 is 5.32 Å². The summed E-state index contributed by atoms with van der Waals surface area (Å²) in [5.74, 6) is 1.03. The second kappa shape index (κ2) is 7.19. The predicted octanol–water partition coefficient (Wildman–Crippen LogP) is 4.84. The SMILES string of the molecule is CCNC(CSc1ccc(Cl)cc1)c1ccsc1. The van der Waals surface area contributed by atoms with Crippen LogP contribution in [-0.4, -0.2) is 12.3 Å². The molecule has 1 aromatic carbocycles. The van der Waals surface area contributed by atoms with Crippen LogP contribution in [0, 0.1) is 0 Å². The van der Waals surface area contributed by atoms with E-state index < -0.39 is 0 Å². The summed E-state index contributed by atoms with van der Waals surface area (Å²) in [5.41, 5.74) is 1.38. The zero-order chi connectivity index (χ0) is 12.8. The lowest BCUT2D eigenvalue weighted by Crippen LogP contribution is -2.22. The monoisotopic (exact) mass is 297 g/mol. The van der Waals surface area contributed by atoms with Crippen molar-refractivity contribution >= 4 is 34.7 Å². The molecule has 4 heteroatoms. The molecule has 18 heavy (non-hydrogen) atoms. The minimum Gasteiger partial charge on any atom is -0.309 e. The van der Waals surface area contributed by atoms with Gasteiger partial charge in [0.15, 0.2) is 0 Å². The van der Waals surface area contributed by atoms with Gasteiger partial charge in [0.25, 0.3) is 0 Å². The van der Waals surface area contributed by atoms with Crippen LogP contribution in [0.3, 0.4) is 0 Å². The smallest absolute Gasteiger partial charge is 0.0423 e. The summed E-state index contributed by atoms with van der Waals surface area (Å²) in [6.07, 6.45) is 0. The van der Waals surface area contributed by atoms with Crippen molar-refractivity contribution < 1.29 is 0 Å². The van der Waals surface area contributed by atoms with Crippen molar-refractivity contribution in [3.63, 3.8) is 0 Å². The molecule has 1 nitrogen and oxygen atoms in total. The van der Waals surface area contributed by atoms with E-state index in [1.807, 2.05) is 23.9 Å². The second-order valence-electron chi connectivity index (χ2n) is 3.93. The van der Waals surface area contributed by atoms with E-state index in [1.54, 1.807) is 11.3 Å². The minimum atomic E-state index is 0.418. The number of thioether (sulfide) groups is 1. The molecule has 1 unspecified atom stereocenters. The molecule has 1 N–H and O–H groups in total. The van der Waals surface area contributed by atoms with Crippen molar-refractivity contribution in [3.05, 3.63) is 51.7 Å². The predicted molar refractivity (Wildman–Crippen MR) is 82.9 cm³/mol. The van der Waals surface area contributed by atoms with Crippen molar-refractivity contribution in [3.8, 4) is 0 Å². The fraction of sp³-hybridized carbons (Fsp3) is 0.286. The van der Waals surface area contributed by atoms with Gasteiger partial charge in [-0.1, -0.05) is 18.5 Å². The normalized spacial score (nSPS) is 12.6. The summed E-state index contributed by atoms with van der Waals surface area (Å²) in [4.78, 5) is 1.26. The van der Waals surface area contributed by atoms with Crippen LogP contribution in [0.5, 0.6) is 0 Å². The van der Waals surface area contributed by atoms with Crippen LogP contribution in [0.4, 0.5) is 0 Å². The Bertz CT molecular complexity index is 453. The van der Waals surface area contributed by atoms with E-state index in [-0.39, 0.29) is 0 Å². The van der Waals surface area contributed by atoms with E-state index in [0.29, 0.717) is 6.04 Å². The molecule has 1 atom stereocenters. The molecule has 0 radical (unpaired) electrons. The molecule has 0 aliphatic heterocycles. The molecule has 0 bridgehead atoms. The molecular formula is C14H16ClNS2. The number of halogens is 1. The van der Waals surface area contributed by atoms with Gasteiger partial charge in [-0.2, -0.15) is 11.3 Å². The van der Waals surface area contributed by atoms with E-state index in [2.05, 4.69) is 41.2 Å².